The van der Waals surface area contributed by atoms with Gasteiger partial charge in [0.25, 0.3) is 17.7 Å². The van der Waals surface area contributed by atoms with Crippen LogP contribution in [0.15, 0.2) is 151 Å². The van der Waals surface area contributed by atoms with E-state index in [-0.39, 0.29) is 23.6 Å². The molecule has 558 valence electrons. The second-order valence-corrected chi connectivity index (χ2v) is 54.6. The number of halogens is 2. The summed E-state index contributed by atoms with van der Waals surface area (Å²) in [5.41, 5.74) is 10.2. The first-order chi connectivity index (χ1) is 51.1. The van der Waals surface area contributed by atoms with Gasteiger partial charge in [0.1, 0.15) is 40.2 Å². The van der Waals surface area contributed by atoms with Crippen LogP contribution in [0.5, 0.6) is 17.6 Å². The number of aromatic amines is 1. The number of rotatable bonds is 20. The van der Waals surface area contributed by atoms with Crippen LogP contribution in [-0.4, -0.2) is 185 Å². The average Bonchev–Trinajstić information content (AvgIpc) is 1.58. The molecule has 0 atom stereocenters. The quantitative estimate of drug-likeness (QED) is 0.0269. The average molecular weight is 1670 g/mol. The number of nitrogens with zero attached hydrogens (tertiary/aromatic N) is 12. The third kappa shape index (κ3) is 21.3. The predicted octanol–water partition coefficient (Wildman–Crippen LogP) is 13.6. The minimum atomic E-state index is -2.05. The Morgan fingerprint density at radius 3 is 1.27 bits per heavy atom. The van der Waals surface area contributed by atoms with Crippen molar-refractivity contribution in [2.75, 3.05) is 62.7 Å². The standard InChI is InChI=1S/C24H29N5O3Si.C18H15N5O2.C17H22ClN3O2Si.C7H7BrN2O.C7H7N2O.3CH3.Sn/c1-25-24(30)16-6-8-19(26-13-16)20-9-7-17-18-14-27-22(31-2)12-21(18)29(23(17)28-20)15-32-10-11-33(3,4)5;1-19-18(24)10-3-5-13(20-8-10)14-6-4-11-12-9-21-16(25-2)7-15(12)23-17(11)22-14;1-22-16-9-14-13(10-19-16)12-5-6-15(18)20-17(12)21(14)11-23-7-8-24(2,3)4;1-9-7(11)5-2-3-6(8)10-4-5;1-8-7(10)6-3-2-4-9-5-6;;;;/h6-9,12-14H,10-11,15H2,1-5H3,(H,25,30);3-9H,1-2H3,(H,19,24)(H,22,23);5-6,9-10H,7-8,11H2,1-4H3;2-4H,1H3,(H,9,11);2-3,5H,1H3,(H,8,10);3*1H3;. The molecule has 0 fully saturated rings. The van der Waals surface area contributed by atoms with Crippen LogP contribution in [0, 0.1) is 0 Å². The first-order valence-electron chi connectivity index (χ1n) is 34.3. The number of nitrogens with one attached hydrogen (secondary N) is 5. The molecule has 0 saturated heterocycles. The number of H-pyrrole nitrogens is 1. The van der Waals surface area contributed by atoms with Gasteiger partial charge in [-0.3, -0.25) is 24.4 Å². The van der Waals surface area contributed by atoms with Crippen molar-refractivity contribution in [2.45, 2.75) is 79.7 Å². The summed E-state index contributed by atoms with van der Waals surface area (Å²) < 4.78 is 33.8. The maximum atomic E-state index is 11.8. The van der Waals surface area contributed by atoms with Crippen LogP contribution in [0.1, 0.15) is 41.4 Å². The molecule has 0 spiro atoms. The molecule has 13 heterocycles. The maximum Gasteiger partial charge on any atom is 0.252 e. The minimum Gasteiger partial charge on any atom is -0.481 e. The molecule has 0 aliphatic carbocycles. The molecular weight excluding hydrogens is 1590 g/mol. The Hall–Kier alpha value is -9.90. The second-order valence-electron chi connectivity index (χ2n) is 27.8. The zero-order chi connectivity index (χ0) is 77.3. The minimum absolute atomic E-state index is 0.0758. The summed E-state index contributed by atoms with van der Waals surface area (Å²) in [6, 6.07) is 33.8. The molecule has 5 N–H and O–H groups in total. The second kappa shape index (κ2) is 36.6. The van der Waals surface area contributed by atoms with Crippen LogP contribution in [0.3, 0.4) is 0 Å². The van der Waals surface area contributed by atoms with Crippen LogP contribution in [-0.2, 0) is 22.9 Å². The van der Waals surface area contributed by atoms with Crippen molar-refractivity contribution in [1.29, 1.82) is 0 Å². The van der Waals surface area contributed by atoms with Crippen molar-refractivity contribution in [2.24, 2.45) is 0 Å². The number of pyridine rings is 10. The van der Waals surface area contributed by atoms with Crippen LogP contribution >= 0.6 is 27.5 Å². The van der Waals surface area contributed by atoms with E-state index in [1.165, 1.54) is 9.91 Å². The fraction of sp³-hybridized carbons (Fsp3) is 0.289. The molecule has 13 aromatic heterocycles. The van der Waals surface area contributed by atoms with E-state index in [1.807, 2.05) is 77.6 Å². The molecule has 107 heavy (non-hydrogen) atoms. The van der Waals surface area contributed by atoms with Gasteiger partial charge in [0.05, 0.1) is 77.3 Å². The number of ether oxygens (including phenoxy) is 5. The van der Waals surface area contributed by atoms with E-state index in [0.29, 0.717) is 76.5 Å². The van der Waals surface area contributed by atoms with Crippen molar-refractivity contribution in [1.82, 2.24) is 85.2 Å². The van der Waals surface area contributed by atoms with Gasteiger partial charge in [-0.2, -0.15) is 0 Å². The van der Waals surface area contributed by atoms with Gasteiger partial charge in [-0.05, 0) is 101 Å². The topological polar surface area (TPSA) is 317 Å². The molecule has 13 aromatic rings. The molecular formula is C76H89BrClN17O9Si2Sn. The van der Waals surface area contributed by atoms with Gasteiger partial charge in [0.2, 0.25) is 17.6 Å². The summed E-state index contributed by atoms with van der Waals surface area (Å²) in [6.07, 6.45) is 11.7. The Kier molecular flexibility index (Phi) is 27.8. The molecule has 13 rings (SSSR count). The molecule has 0 unspecified atom stereocenters. The summed E-state index contributed by atoms with van der Waals surface area (Å²) in [4.78, 5) is 99.8. The summed E-state index contributed by atoms with van der Waals surface area (Å²) in [6.45, 7) is 16.3. The van der Waals surface area contributed by atoms with Crippen molar-refractivity contribution in [3.8, 4) is 40.4 Å². The summed E-state index contributed by atoms with van der Waals surface area (Å²) >= 11 is 7.22. The van der Waals surface area contributed by atoms with Crippen molar-refractivity contribution in [3.63, 3.8) is 0 Å². The Morgan fingerprint density at radius 1 is 0.458 bits per heavy atom. The van der Waals surface area contributed by atoms with Crippen LogP contribution in [0.25, 0.3) is 88.6 Å². The number of methoxy groups -OCH3 is 3. The number of fused-ring (bicyclic) bond motifs is 9. The molecule has 0 aromatic carbocycles. The molecule has 0 bridgehead atoms. The molecule has 4 amide bonds. The van der Waals surface area contributed by atoms with Gasteiger partial charge in [0, 0.05) is 138 Å². The fourth-order valence-corrected chi connectivity index (χ4v) is 15.5. The van der Waals surface area contributed by atoms with Gasteiger partial charge >= 0.3 is 88.8 Å². The Balaban J connectivity index is 0.000000162. The number of carbonyl (C=O) groups is 4. The smallest absolute Gasteiger partial charge is 0.252 e. The number of aromatic nitrogens is 13. The Labute approximate surface area is 640 Å². The van der Waals surface area contributed by atoms with Crippen molar-refractivity contribution < 1.29 is 42.9 Å². The van der Waals surface area contributed by atoms with E-state index in [9.17, 15) is 19.2 Å². The number of carbonyl (C=O) groups excluding carboxylic acids is 4. The van der Waals surface area contributed by atoms with E-state index in [0.717, 1.165) is 100 Å². The number of amides is 4. The van der Waals surface area contributed by atoms with Crippen molar-refractivity contribution in [3.05, 3.63) is 179 Å². The largest absolute Gasteiger partial charge is 0.481 e. The van der Waals surface area contributed by atoms with Gasteiger partial charge < -0.3 is 53.8 Å². The monoisotopic (exact) mass is 1670 g/mol. The van der Waals surface area contributed by atoms with Crippen LogP contribution in [0.2, 0.25) is 71.3 Å². The van der Waals surface area contributed by atoms with E-state index in [4.69, 9.17) is 40.3 Å². The molecule has 31 heteroatoms. The third-order valence-electron chi connectivity index (χ3n) is 16.8. The summed E-state index contributed by atoms with van der Waals surface area (Å²) in [5, 5.41) is 16.7. The van der Waals surface area contributed by atoms with Crippen LogP contribution < -0.4 is 39.2 Å². The predicted molar refractivity (Wildman–Crippen MR) is 434 cm³/mol. The van der Waals surface area contributed by atoms with Gasteiger partial charge in [0.15, 0.2) is 0 Å². The van der Waals surface area contributed by atoms with E-state index < -0.39 is 34.5 Å². The Morgan fingerprint density at radius 2 is 0.860 bits per heavy atom. The van der Waals surface area contributed by atoms with E-state index in [2.05, 4.69) is 146 Å². The molecule has 26 nitrogen and oxygen atoms in total. The number of hydrogen-bond donors (Lipinski definition) is 5. The van der Waals surface area contributed by atoms with Crippen molar-refractivity contribution >= 4 is 155 Å². The SMILES string of the molecule is CNC(=O)c1cc[c]([Sn]([CH3])([CH3])[CH3])nc1.CNC(=O)c1ccc(-c2ccc3c(n2)[nH]c2cc(OC)ncc23)nc1.CNC(=O)c1ccc(-c2ccc3c4cnc(OC)cc4n(COCC[Si](C)(C)C)c3n2)nc1.CNC(=O)c1ccc(Br)nc1.COc1cc2c(cn1)c1ccc(Cl)nc1n2COCC[Si](C)(C)C. The van der Waals surface area contributed by atoms with Gasteiger partial charge in [-0.1, -0.05) is 50.9 Å². The maximum absolute atomic E-state index is 11.8. The summed E-state index contributed by atoms with van der Waals surface area (Å²) in [7, 11) is 8.90. The first kappa shape index (κ1) is 81.2. The van der Waals surface area contributed by atoms with Gasteiger partial charge in [-0.25, -0.2) is 34.9 Å². The van der Waals surface area contributed by atoms with Crippen LogP contribution in [0.4, 0.5) is 0 Å². The molecule has 0 aliphatic rings. The normalized spacial score (nSPS) is 11.3. The summed E-state index contributed by atoms with van der Waals surface area (Å²) in [5.74, 6) is 1.12. The molecule has 0 aliphatic heterocycles. The molecule has 0 radical (unpaired) electrons. The zero-order valence-electron chi connectivity index (χ0n) is 62.9. The van der Waals surface area contributed by atoms with Gasteiger partial charge in [-0.15, -0.1) is 0 Å². The first-order valence-corrected chi connectivity index (χ1v) is 52.8. The number of hydrogen-bond acceptors (Lipinski definition) is 19. The van der Waals surface area contributed by atoms with E-state index >= 15 is 0 Å². The van der Waals surface area contributed by atoms with E-state index in [1.54, 1.807) is 117 Å². The third-order valence-corrected chi connectivity index (χ3v) is 26.1. The fourth-order valence-electron chi connectivity index (χ4n) is 10.7. The Bertz CT molecular complexity index is 5270. The molecule has 0 saturated carbocycles. The zero-order valence-corrected chi connectivity index (χ0v) is 70.1.